The molecule has 0 bridgehead atoms. The van der Waals surface area contributed by atoms with E-state index in [-0.39, 0.29) is 30.2 Å². The molecule has 0 aliphatic heterocycles. The average molecular weight is 443 g/mol. The molecule has 6 nitrogen and oxygen atoms in total. The fraction of sp³-hybridized carbons (Fsp3) is 0.176. The van der Waals surface area contributed by atoms with Gasteiger partial charge in [0.1, 0.15) is 18.9 Å². The van der Waals surface area contributed by atoms with Crippen LogP contribution in [0.5, 0.6) is 0 Å². The van der Waals surface area contributed by atoms with Crippen molar-refractivity contribution in [3.05, 3.63) is 51.5 Å². The average Bonchev–Trinajstić information content (AvgIpc) is 3.08. The lowest BCUT2D eigenvalue weighted by atomic mass is 10.1. The number of aromatic amines is 1. The van der Waals surface area contributed by atoms with Gasteiger partial charge in [0.15, 0.2) is 11.6 Å². The molecule has 136 valence electrons. The third kappa shape index (κ3) is 3.88. The minimum absolute atomic E-state index is 0.0140. The van der Waals surface area contributed by atoms with Gasteiger partial charge in [0, 0.05) is 17.1 Å². The number of aromatic nitrogens is 2. The summed E-state index contributed by atoms with van der Waals surface area (Å²) in [6.07, 6.45) is 1.36. The van der Waals surface area contributed by atoms with Crippen molar-refractivity contribution in [3.8, 4) is 0 Å². The van der Waals surface area contributed by atoms with Gasteiger partial charge in [-0.05, 0) is 24.3 Å². The Bertz CT molecular complexity index is 964. The highest BCUT2D eigenvalue weighted by Crippen LogP contribution is 2.34. The van der Waals surface area contributed by atoms with E-state index in [1.807, 2.05) is 0 Å². The van der Waals surface area contributed by atoms with E-state index >= 15 is 0 Å². The number of ketones is 1. The van der Waals surface area contributed by atoms with Crippen molar-refractivity contribution in [1.29, 1.82) is 0 Å². The lowest BCUT2D eigenvalue weighted by Crippen LogP contribution is -2.13. The van der Waals surface area contributed by atoms with E-state index in [1.165, 1.54) is 19.5 Å². The maximum absolute atomic E-state index is 15.0. The van der Waals surface area contributed by atoms with Crippen LogP contribution in [0.15, 0.2) is 35.1 Å². The second kappa shape index (κ2) is 8.13. The summed E-state index contributed by atoms with van der Waals surface area (Å²) >= 11 is 9.51. The van der Waals surface area contributed by atoms with E-state index < -0.39 is 11.6 Å². The third-order valence-corrected chi connectivity index (χ3v) is 4.39. The van der Waals surface area contributed by atoms with E-state index in [1.54, 1.807) is 18.2 Å². The zero-order valence-corrected chi connectivity index (χ0v) is 15.9. The number of benzene rings is 2. The number of hydrogen-bond acceptors (Lipinski definition) is 5. The standard InChI is InChI=1S/C17H14BrClFN3O3/c1-25-8-26-6-14(24)10-5-13-17(22-7-21-13)15(20)16(10)23-12-3-2-9(18)4-11(12)19/h2-5,7,23H,6,8H2,1H3,(H,21,22). The van der Waals surface area contributed by atoms with E-state index in [9.17, 15) is 9.18 Å². The molecule has 26 heavy (non-hydrogen) atoms. The van der Waals surface area contributed by atoms with Gasteiger partial charge in [0.2, 0.25) is 0 Å². The monoisotopic (exact) mass is 441 g/mol. The number of carbonyl (C=O) groups is 1. The Morgan fingerprint density at radius 3 is 2.96 bits per heavy atom. The molecule has 3 aromatic rings. The second-order valence-corrected chi connectivity index (χ2v) is 6.66. The number of hydrogen-bond donors (Lipinski definition) is 2. The molecule has 0 fully saturated rings. The molecule has 1 aromatic heterocycles. The fourth-order valence-corrected chi connectivity index (χ4v) is 3.13. The van der Waals surface area contributed by atoms with Crippen molar-refractivity contribution in [2.24, 2.45) is 0 Å². The molecule has 1 heterocycles. The number of halogens is 3. The number of nitrogens with zero attached hydrogens (tertiary/aromatic N) is 1. The number of imidazole rings is 1. The van der Waals surface area contributed by atoms with Gasteiger partial charge in [-0.25, -0.2) is 9.37 Å². The molecular formula is C17H14BrClFN3O3. The molecule has 2 aromatic carbocycles. The van der Waals surface area contributed by atoms with Crippen molar-refractivity contribution in [2.75, 3.05) is 25.8 Å². The van der Waals surface area contributed by atoms with Gasteiger partial charge >= 0.3 is 0 Å². The van der Waals surface area contributed by atoms with Crippen LogP contribution in [-0.4, -0.2) is 36.3 Å². The molecule has 0 aliphatic rings. The normalized spacial score (nSPS) is 11.1. The van der Waals surface area contributed by atoms with E-state index in [4.69, 9.17) is 21.1 Å². The highest BCUT2D eigenvalue weighted by atomic mass is 79.9. The van der Waals surface area contributed by atoms with Crippen molar-refractivity contribution >= 4 is 55.7 Å². The first-order valence-corrected chi connectivity index (χ1v) is 8.66. The Morgan fingerprint density at radius 2 is 2.23 bits per heavy atom. The van der Waals surface area contributed by atoms with Crippen LogP contribution >= 0.6 is 27.5 Å². The molecule has 0 unspecified atom stereocenters. The zero-order chi connectivity index (χ0) is 18.7. The molecule has 3 rings (SSSR count). The Kier molecular flexibility index (Phi) is 5.87. The topological polar surface area (TPSA) is 76.2 Å². The van der Waals surface area contributed by atoms with E-state index in [0.29, 0.717) is 16.2 Å². The number of rotatable bonds is 7. The predicted octanol–water partition coefficient (Wildman–Crippen LogP) is 4.66. The number of nitrogens with one attached hydrogen (secondary N) is 2. The number of H-pyrrole nitrogens is 1. The molecule has 2 N–H and O–H groups in total. The molecule has 0 spiro atoms. The van der Waals surface area contributed by atoms with Gasteiger partial charge in [0.05, 0.1) is 28.2 Å². The molecular weight excluding hydrogens is 429 g/mol. The van der Waals surface area contributed by atoms with Gasteiger partial charge in [-0.3, -0.25) is 4.79 Å². The van der Waals surface area contributed by atoms with Gasteiger partial charge < -0.3 is 19.8 Å². The number of methoxy groups -OCH3 is 1. The van der Waals surface area contributed by atoms with Crippen LogP contribution in [0, 0.1) is 5.82 Å². The maximum Gasteiger partial charge on any atom is 0.190 e. The summed E-state index contributed by atoms with van der Waals surface area (Å²) in [6, 6.07) is 6.62. The van der Waals surface area contributed by atoms with Crippen LogP contribution in [0.2, 0.25) is 5.02 Å². The summed E-state index contributed by atoms with van der Waals surface area (Å²) < 4.78 is 25.6. The largest absolute Gasteiger partial charge is 0.359 e. The molecule has 0 aliphatic carbocycles. The van der Waals surface area contributed by atoms with Crippen LogP contribution in [0.3, 0.4) is 0 Å². The number of carbonyl (C=O) groups excluding carboxylic acids is 1. The lowest BCUT2D eigenvalue weighted by Gasteiger charge is -2.14. The summed E-state index contributed by atoms with van der Waals surface area (Å²) in [7, 11) is 1.45. The second-order valence-electron chi connectivity index (χ2n) is 5.34. The first-order valence-electron chi connectivity index (χ1n) is 7.48. The van der Waals surface area contributed by atoms with Crippen molar-refractivity contribution < 1.29 is 18.7 Å². The van der Waals surface area contributed by atoms with Crippen LogP contribution < -0.4 is 5.32 Å². The molecule has 0 saturated carbocycles. The Balaban J connectivity index is 2.04. The van der Waals surface area contributed by atoms with Crippen molar-refractivity contribution in [1.82, 2.24) is 9.97 Å². The summed E-state index contributed by atoms with van der Waals surface area (Å²) in [5.74, 6) is -1.06. The first kappa shape index (κ1) is 18.8. The zero-order valence-electron chi connectivity index (χ0n) is 13.6. The summed E-state index contributed by atoms with van der Waals surface area (Å²) in [4.78, 5) is 19.3. The highest BCUT2D eigenvalue weighted by Gasteiger charge is 2.21. The summed E-state index contributed by atoms with van der Waals surface area (Å²) in [5, 5.41) is 3.27. The van der Waals surface area contributed by atoms with Gasteiger partial charge in [-0.15, -0.1) is 0 Å². The lowest BCUT2D eigenvalue weighted by molar-refractivity contribution is -0.0237. The molecule has 0 radical (unpaired) electrons. The molecule has 0 amide bonds. The SMILES string of the molecule is COCOCC(=O)c1cc2[nH]cnc2c(F)c1Nc1ccc(Br)cc1Cl. The Labute approximate surface area is 161 Å². The van der Waals surface area contributed by atoms with Crippen LogP contribution in [0.4, 0.5) is 15.8 Å². The van der Waals surface area contributed by atoms with Crippen molar-refractivity contribution in [3.63, 3.8) is 0 Å². The number of fused-ring (bicyclic) bond motifs is 1. The summed E-state index contributed by atoms with van der Waals surface area (Å²) in [6.45, 7) is -0.294. The van der Waals surface area contributed by atoms with Crippen LogP contribution in [0.25, 0.3) is 11.0 Å². The van der Waals surface area contributed by atoms with Crippen LogP contribution in [-0.2, 0) is 9.47 Å². The molecule has 0 atom stereocenters. The highest BCUT2D eigenvalue weighted by molar-refractivity contribution is 9.10. The number of Topliss-reactive ketones (excluding diaryl/α,β-unsaturated/α-hetero) is 1. The van der Waals surface area contributed by atoms with Crippen molar-refractivity contribution in [2.45, 2.75) is 0 Å². The number of ether oxygens (including phenoxy) is 2. The molecule has 0 saturated heterocycles. The number of anilines is 2. The molecule has 9 heteroatoms. The Hall–Kier alpha value is -2.00. The smallest absolute Gasteiger partial charge is 0.190 e. The summed E-state index contributed by atoms with van der Waals surface area (Å²) in [5.41, 5.74) is 1.09. The van der Waals surface area contributed by atoms with Crippen LogP contribution in [0.1, 0.15) is 10.4 Å². The quantitative estimate of drug-likeness (QED) is 0.316. The Morgan fingerprint density at radius 1 is 1.42 bits per heavy atom. The fourth-order valence-electron chi connectivity index (χ4n) is 2.41. The van der Waals surface area contributed by atoms with Gasteiger partial charge in [-0.2, -0.15) is 0 Å². The minimum atomic E-state index is -0.655. The van der Waals surface area contributed by atoms with Gasteiger partial charge in [-0.1, -0.05) is 27.5 Å². The van der Waals surface area contributed by atoms with E-state index in [2.05, 4.69) is 31.2 Å². The van der Waals surface area contributed by atoms with E-state index in [0.717, 1.165) is 4.47 Å². The minimum Gasteiger partial charge on any atom is -0.359 e. The van der Waals surface area contributed by atoms with Gasteiger partial charge in [0.25, 0.3) is 0 Å². The third-order valence-electron chi connectivity index (χ3n) is 3.58. The maximum atomic E-state index is 15.0. The predicted molar refractivity (Wildman–Crippen MR) is 101 cm³/mol. The first-order chi connectivity index (χ1) is 12.5.